The van der Waals surface area contributed by atoms with Crippen LogP contribution in [0.3, 0.4) is 0 Å². The minimum Gasteiger partial charge on any atom is -0.494 e. The van der Waals surface area contributed by atoms with Gasteiger partial charge in [-0.1, -0.05) is 19.8 Å². The van der Waals surface area contributed by atoms with Crippen molar-refractivity contribution in [1.82, 2.24) is 14.9 Å². The largest absolute Gasteiger partial charge is 0.494 e. The van der Waals surface area contributed by atoms with E-state index in [0.717, 1.165) is 55.9 Å². The molecule has 1 fully saturated rings. The van der Waals surface area contributed by atoms with Crippen molar-refractivity contribution in [3.05, 3.63) is 41.7 Å². The van der Waals surface area contributed by atoms with Gasteiger partial charge in [-0.25, -0.2) is 9.97 Å². The Balaban J connectivity index is 1.54. The monoisotopic (exact) mass is 411 g/mol. The van der Waals surface area contributed by atoms with E-state index in [0.29, 0.717) is 18.7 Å². The fourth-order valence-corrected chi connectivity index (χ4v) is 3.54. The van der Waals surface area contributed by atoms with Crippen molar-refractivity contribution in [2.45, 2.75) is 40.0 Å². The molecule has 0 bridgehead atoms. The van der Waals surface area contributed by atoms with E-state index in [4.69, 9.17) is 4.74 Å². The average molecular weight is 412 g/mol. The number of carbonyl (C=O) groups excluding carboxylic acids is 1. The van der Waals surface area contributed by atoms with Gasteiger partial charge in [0, 0.05) is 44.4 Å². The van der Waals surface area contributed by atoms with Gasteiger partial charge in [0.15, 0.2) is 0 Å². The quantitative estimate of drug-likeness (QED) is 0.634. The topological polar surface area (TPSA) is 70.6 Å². The highest BCUT2D eigenvalue weighted by molar-refractivity contribution is 5.94. The Morgan fingerprint density at radius 1 is 1.07 bits per heavy atom. The van der Waals surface area contributed by atoms with Gasteiger partial charge in [-0.15, -0.1) is 0 Å². The van der Waals surface area contributed by atoms with Gasteiger partial charge in [0.1, 0.15) is 23.2 Å². The standard InChI is InChI=1S/C23H33N5O2/c1-4-6-7-16-30-20-10-8-19(9-11-20)23(29)28-14-12-27(13-15-28)22-17-21(24-5-2)25-18(3)26-22/h8-11,17H,4-7,12-16H2,1-3H3,(H,24,25,26). The van der Waals surface area contributed by atoms with Crippen molar-refractivity contribution < 1.29 is 9.53 Å². The number of rotatable bonds is 9. The van der Waals surface area contributed by atoms with E-state index < -0.39 is 0 Å². The summed E-state index contributed by atoms with van der Waals surface area (Å²) in [6.07, 6.45) is 3.41. The number of carbonyl (C=O) groups is 1. The van der Waals surface area contributed by atoms with E-state index in [1.54, 1.807) is 0 Å². The van der Waals surface area contributed by atoms with E-state index >= 15 is 0 Å². The molecular weight excluding hydrogens is 378 g/mol. The van der Waals surface area contributed by atoms with Gasteiger partial charge in [-0.2, -0.15) is 0 Å². The molecule has 1 saturated heterocycles. The molecule has 1 amide bonds. The predicted molar refractivity (Wildman–Crippen MR) is 121 cm³/mol. The molecule has 0 spiro atoms. The van der Waals surface area contributed by atoms with Crippen LogP contribution in [0.5, 0.6) is 5.75 Å². The van der Waals surface area contributed by atoms with Crippen LogP contribution in [0.2, 0.25) is 0 Å². The second-order valence-corrected chi connectivity index (χ2v) is 7.55. The Kier molecular flexibility index (Phi) is 7.88. The molecule has 0 aliphatic carbocycles. The first-order valence-corrected chi connectivity index (χ1v) is 11.0. The fourth-order valence-electron chi connectivity index (χ4n) is 3.54. The molecular formula is C23H33N5O2. The Hall–Kier alpha value is -2.83. The third kappa shape index (κ3) is 5.84. The van der Waals surface area contributed by atoms with Crippen LogP contribution in [0.4, 0.5) is 11.6 Å². The number of nitrogens with zero attached hydrogens (tertiary/aromatic N) is 4. The lowest BCUT2D eigenvalue weighted by molar-refractivity contribution is 0.0746. The Labute approximate surface area is 179 Å². The number of hydrogen-bond acceptors (Lipinski definition) is 6. The van der Waals surface area contributed by atoms with Crippen LogP contribution in [-0.4, -0.2) is 60.1 Å². The molecule has 1 aliphatic rings. The van der Waals surface area contributed by atoms with Gasteiger partial charge >= 0.3 is 0 Å². The Morgan fingerprint density at radius 2 is 1.80 bits per heavy atom. The number of nitrogens with one attached hydrogen (secondary N) is 1. The summed E-state index contributed by atoms with van der Waals surface area (Å²) in [5, 5.41) is 3.25. The maximum atomic E-state index is 12.9. The highest BCUT2D eigenvalue weighted by Gasteiger charge is 2.23. The fraction of sp³-hybridized carbons (Fsp3) is 0.522. The molecule has 1 aromatic heterocycles. The number of anilines is 2. The maximum Gasteiger partial charge on any atom is 0.253 e. The summed E-state index contributed by atoms with van der Waals surface area (Å²) < 4.78 is 5.74. The summed E-state index contributed by atoms with van der Waals surface area (Å²) in [5.41, 5.74) is 0.705. The van der Waals surface area contributed by atoms with Crippen LogP contribution < -0.4 is 15.0 Å². The predicted octanol–water partition coefficient (Wildman–Crippen LogP) is 3.75. The third-order valence-electron chi connectivity index (χ3n) is 5.19. The average Bonchev–Trinajstić information content (AvgIpc) is 2.77. The van der Waals surface area contributed by atoms with Gasteiger partial charge < -0.3 is 19.9 Å². The van der Waals surface area contributed by atoms with Crippen LogP contribution in [0, 0.1) is 6.92 Å². The number of amides is 1. The van der Waals surface area contributed by atoms with E-state index in [1.807, 2.05) is 49.1 Å². The first-order valence-electron chi connectivity index (χ1n) is 11.0. The number of aryl methyl sites for hydroxylation is 1. The summed E-state index contributed by atoms with van der Waals surface area (Å²) in [6, 6.07) is 9.48. The number of aromatic nitrogens is 2. The van der Waals surface area contributed by atoms with Gasteiger partial charge in [0.25, 0.3) is 5.91 Å². The van der Waals surface area contributed by atoms with Crippen molar-refractivity contribution in [2.24, 2.45) is 0 Å². The summed E-state index contributed by atoms with van der Waals surface area (Å²) in [4.78, 5) is 26.0. The molecule has 3 rings (SSSR count). The van der Waals surface area contributed by atoms with Crippen molar-refractivity contribution in [2.75, 3.05) is 49.5 Å². The van der Waals surface area contributed by atoms with Gasteiger partial charge in [0.05, 0.1) is 6.61 Å². The molecule has 0 unspecified atom stereocenters. The normalized spacial score (nSPS) is 14.0. The van der Waals surface area contributed by atoms with E-state index in [2.05, 4.69) is 27.1 Å². The molecule has 0 saturated carbocycles. The number of piperazine rings is 1. The molecule has 1 aromatic carbocycles. The third-order valence-corrected chi connectivity index (χ3v) is 5.19. The lowest BCUT2D eigenvalue weighted by atomic mass is 10.1. The maximum absolute atomic E-state index is 12.9. The second-order valence-electron chi connectivity index (χ2n) is 7.55. The van der Waals surface area contributed by atoms with Crippen LogP contribution in [0.1, 0.15) is 49.3 Å². The zero-order valence-electron chi connectivity index (χ0n) is 18.4. The van der Waals surface area contributed by atoms with E-state index in [-0.39, 0.29) is 5.91 Å². The lowest BCUT2D eigenvalue weighted by Gasteiger charge is -2.35. The first-order chi connectivity index (χ1) is 14.6. The SMILES string of the molecule is CCCCCOc1ccc(C(=O)N2CCN(c3cc(NCC)nc(C)n3)CC2)cc1. The Bertz CT molecular complexity index is 817. The molecule has 0 radical (unpaired) electrons. The summed E-state index contributed by atoms with van der Waals surface area (Å²) in [5.74, 6) is 3.40. The molecule has 1 aliphatic heterocycles. The summed E-state index contributed by atoms with van der Waals surface area (Å²) >= 11 is 0. The van der Waals surface area contributed by atoms with Crippen LogP contribution >= 0.6 is 0 Å². The number of benzene rings is 1. The highest BCUT2D eigenvalue weighted by Crippen LogP contribution is 2.19. The molecule has 7 nitrogen and oxygen atoms in total. The minimum atomic E-state index is 0.0689. The first kappa shape index (κ1) is 21.9. The van der Waals surface area contributed by atoms with Crippen LogP contribution in [0.15, 0.2) is 30.3 Å². The number of ether oxygens (including phenoxy) is 1. The number of hydrogen-bond donors (Lipinski definition) is 1. The van der Waals surface area contributed by atoms with Crippen LogP contribution in [0.25, 0.3) is 0 Å². The van der Waals surface area contributed by atoms with Crippen molar-refractivity contribution >= 4 is 17.5 Å². The molecule has 0 atom stereocenters. The molecule has 2 heterocycles. The second kappa shape index (κ2) is 10.8. The zero-order valence-corrected chi connectivity index (χ0v) is 18.4. The smallest absolute Gasteiger partial charge is 0.253 e. The Morgan fingerprint density at radius 3 is 2.47 bits per heavy atom. The molecule has 2 aromatic rings. The summed E-state index contributed by atoms with van der Waals surface area (Å²) in [6.45, 7) is 10.5. The molecule has 162 valence electrons. The van der Waals surface area contributed by atoms with E-state index in [1.165, 1.54) is 12.8 Å². The lowest BCUT2D eigenvalue weighted by Crippen LogP contribution is -2.49. The van der Waals surface area contributed by atoms with Gasteiger partial charge in [0.2, 0.25) is 0 Å². The molecule has 7 heteroatoms. The van der Waals surface area contributed by atoms with Crippen molar-refractivity contribution in [3.63, 3.8) is 0 Å². The van der Waals surface area contributed by atoms with Crippen molar-refractivity contribution in [1.29, 1.82) is 0 Å². The van der Waals surface area contributed by atoms with Gasteiger partial charge in [-0.05, 0) is 44.5 Å². The highest BCUT2D eigenvalue weighted by atomic mass is 16.5. The number of unbranched alkanes of at least 4 members (excludes halogenated alkanes) is 2. The molecule has 30 heavy (non-hydrogen) atoms. The van der Waals surface area contributed by atoms with Crippen LogP contribution in [-0.2, 0) is 0 Å². The zero-order chi connectivity index (χ0) is 21.3. The minimum absolute atomic E-state index is 0.0689. The summed E-state index contributed by atoms with van der Waals surface area (Å²) in [7, 11) is 0. The van der Waals surface area contributed by atoms with Gasteiger partial charge in [-0.3, -0.25) is 4.79 Å². The van der Waals surface area contributed by atoms with E-state index in [9.17, 15) is 4.79 Å². The van der Waals surface area contributed by atoms with Crippen molar-refractivity contribution in [3.8, 4) is 5.75 Å². The molecule has 1 N–H and O–H groups in total.